The van der Waals surface area contributed by atoms with Crippen molar-refractivity contribution >= 4 is 27.7 Å². The van der Waals surface area contributed by atoms with E-state index in [-0.39, 0.29) is 12.2 Å². The number of nitrogens with zero attached hydrogens (tertiary/aromatic N) is 1. The molecule has 0 spiro atoms. The average molecular weight is 352 g/mol. The van der Waals surface area contributed by atoms with Crippen LogP contribution in [0.25, 0.3) is 0 Å². The van der Waals surface area contributed by atoms with Gasteiger partial charge in [0.25, 0.3) is 0 Å². The molecule has 1 aromatic heterocycles. The number of ether oxygens (including phenoxy) is 1. The lowest BCUT2D eigenvalue weighted by atomic mass is 10.1. The predicted molar refractivity (Wildman–Crippen MR) is 80.9 cm³/mol. The van der Waals surface area contributed by atoms with E-state index in [0.29, 0.717) is 27.2 Å². The summed E-state index contributed by atoms with van der Waals surface area (Å²) in [5, 5.41) is 8.91. The fraction of sp³-hybridized carbons (Fsp3) is 0.200. The van der Waals surface area contributed by atoms with E-state index in [9.17, 15) is 9.59 Å². The van der Waals surface area contributed by atoms with Crippen LogP contribution in [-0.4, -0.2) is 28.5 Å². The molecule has 0 aliphatic heterocycles. The first-order valence-corrected chi connectivity index (χ1v) is 6.98. The summed E-state index contributed by atoms with van der Waals surface area (Å²) in [7, 11) is 3.24. The molecular formula is C15H14BrNO4. The number of carboxylic acid groups (broad SMARTS) is 1. The van der Waals surface area contributed by atoms with E-state index in [0.717, 1.165) is 0 Å². The second-order valence-electron chi connectivity index (χ2n) is 4.51. The molecule has 2 rings (SSSR count). The molecule has 2 aromatic rings. The fourth-order valence-corrected chi connectivity index (χ4v) is 2.68. The minimum atomic E-state index is -0.944. The average Bonchev–Trinajstić information content (AvgIpc) is 2.74. The van der Waals surface area contributed by atoms with Crippen molar-refractivity contribution in [2.45, 2.75) is 6.42 Å². The molecule has 1 aromatic carbocycles. The maximum atomic E-state index is 12.5. The Morgan fingerprint density at radius 2 is 1.90 bits per heavy atom. The van der Waals surface area contributed by atoms with Crippen LogP contribution in [0.3, 0.4) is 0 Å². The molecule has 6 heteroatoms. The molecule has 21 heavy (non-hydrogen) atoms. The van der Waals surface area contributed by atoms with Gasteiger partial charge >= 0.3 is 5.97 Å². The molecule has 0 saturated carbocycles. The molecule has 5 nitrogen and oxygen atoms in total. The lowest BCUT2D eigenvalue weighted by molar-refractivity contribution is -0.136. The highest BCUT2D eigenvalue weighted by atomic mass is 79.9. The number of hydrogen-bond acceptors (Lipinski definition) is 3. The topological polar surface area (TPSA) is 68.5 Å². The number of benzene rings is 1. The lowest BCUT2D eigenvalue weighted by Crippen LogP contribution is -2.11. The first kappa shape index (κ1) is 15.3. The second kappa shape index (κ2) is 6.13. The molecule has 0 radical (unpaired) electrons. The minimum Gasteiger partial charge on any atom is -0.497 e. The number of aliphatic carboxylic acids is 1. The van der Waals surface area contributed by atoms with Gasteiger partial charge in [-0.1, -0.05) is 0 Å². The molecule has 0 bridgehead atoms. The maximum absolute atomic E-state index is 12.5. The quantitative estimate of drug-likeness (QED) is 0.840. The van der Waals surface area contributed by atoms with Gasteiger partial charge in [-0.2, -0.15) is 0 Å². The minimum absolute atomic E-state index is 0.146. The van der Waals surface area contributed by atoms with Crippen molar-refractivity contribution in [1.29, 1.82) is 0 Å². The molecule has 0 aliphatic rings. The summed E-state index contributed by atoms with van der Waals surface area (Å²) in [4.78, 5) is 23.3. The normalized spacial score (nSPS) is 10.4. The Balaban J connectivity index is 2.36. The van der Waals surface area contributed by atoms with Crippen molar-refractivity contribution in [1.82, 2.24) is 4.57 Å². The Morgan fingerprint density at radius 1 is 1.29 bits per heavy atom. The van der Waals surface area contributed by atoms with Gasteiger partial charge in [-0.05, 0) is 46.3 Å². The summed E-state index contributed by atoms with van der Waals surface area (Å²) in [5.74, 6) is -0.441. The van der Waals surface area contributed by atoms with E-state index in [1.54, 1.807) is 49.1 Å². The van der Waals surface area contributed by atoms with E-state index in [2.05, 4.69) is 15.9 Å². The monoisotopic (exact) mass is 351 g/mol. The SMILES string of the molecule is COc1ccc(C(=O)c2cc(Br)c(CC(=O)O)n2C)cc1. The van der Waals surface area contributed by atoms with Crippen molar-refractivity contribution < 1.29 is 19.4 Å². The fourth-order valence-electron chi connectivity index (χ4n) is 2.06. The Hall–Kier alpha value is -2.08. The van der Waals surface area contributed by atoms with Gasteiger partial charge in [-0.3, -0.25) is 9.59 Å². The third-order valence-corrected chi connectivity index (χ3v) is 3.90. The van der Waals surface area contributed by atoms with Gasteiger partial charge in [0, 0.05) is 22.8 Å². The number of aromatic nitrogens is 1. The summed E-state index contributed by atoms with van der Waals surface area (Å²) in [6.07, 6.45) is -0.146. The zero-order chi connectivity index (χ0) is 15.6. The number of methoxy groups -OCH3 is 1. The highest BCUT2D eigenvalue weighted by Gasteiger charge is 2.19. The number of rotatable bonds is 5. The van der Waals surface area contributed by atoms with Crippen LogP contribution in [0, 0.1) is 0 Å². The molecule has 0 amide bonds. The molecule has 1 N–H and O–H groups in total. The van der Waals surface area contributed by atoms with Gasteiger partial charge < -0.3 is 14.4 Å². The summed E-state index contributed by atoms with van der Waals surface area (Å²) < 4.78 is 7.27. The van der Waals surface area contributed by atoms with Crippen molar-refractivity contribution in [3.05, 3.63) is 51.8 Å². The third kappa shape index (κ3) is 3.16. The molecule has 0 saturated heterocycles. The Morgan fingerprint density at radius 3 is 2.43 bits per heavy atom. The van der Waals surface area contributed by atoms with Crippen LogP contribution in [0.5, 0.6) is 5.75 Å². The highest BCUT2D eigenvalue weighted by molar-refractivity contribution is 9.10. The Bertz CT molecular complexity index is 688. The van der Waals surface area contributed by atoms with E-state index in [1.165, 1.54) is 0 Å². The number of carboxylic acids is 1. The predicted octanol–water partition coefficient (Wildman–Crippen LogP) is 2.65. The van der Waals surface area contributed by atoms with Gasteiger partial charge in [-0.15, -0.1) is 0 Å². The summed E-state index contributed by atoms with van der Waals surface area (Å²) in [6.45, 7) is 0. The molecule has 0 unspecified atom stereocenters. The van der Waals surface area contributed by atoms with Crippen molar-refractivity contribution in [3.8, 4) is 5.75 Å². The van der Waals surface area contributed by atoms with Gasteiger partial charge in [0.2, 0.25) is 5.78 Å². The molecule has 0 aliphatic carbocycles. The van der Waals surface area contributed by atoms with Gasteiger partial charge in [0.15, 0.2) is 0 Å². The smallest absolute Gasteiger partial charge is 0.309 e. The summed E-state index contributed by atoms with van der Waals surface area (Å²) in [6, 6.07) is 8.43. The third-order valence-electron chi connectivity index (χ3n) is 3.21. The first-order valence-electron chi connectivity index (χ1n) is 6.18. The number of hydrogen-bond donors (Lipinski definition) is 1. The highest BCUT2D eigenvalue weighted by Crippen LogP contribution is 2.24. The number of carbonyl (C=O) groups is 2. The first-order chi connectivity index (χ1) is 9.93. The van der Waals surface area contributed by atoms with E-state index < -0.39 is 5.97 Å². The molecule has 1 heterocycles. The number of ketones is 1. The van der Waals surface area contributed by atoms with Gasteiger partial charge in [-0.25, -0.2) is 0 Å². The van der Waals surface area contributed by atoms with Crippen molar-refractivity contribution in [2.75, 3.05) is 7.11 Å². The molecule has 0 atom stereocenters. The van der Waals surface area contributed by atoms with Crippen LogP contribution in [-0.2, 0) is 18.3 Å². The molecule has 110 valence electrons. The zero-order valence-electron chi connectivity index (χ0n) is 11.6. The lowest BCUT2D eigenvalue weighted by Gasteiger charge is -2.06. The van der Waals surface area contributed by atoms with Crippen LogP contribution in [0.15, 0.2) is 34.8 Å². The largest absolute Gasteiger partial charge is 0.497 e. The van der Waals surface area contributed by atoms with Crippen LogP contribution in [0.4, 0.5) is 0 Å². The molecule has 0 fully saturated rings. The Labute approximate surface area is 130 Å². The Kier molecular flexibility index (Phi) is 4.47. The number of halogens is 1. The number of carbonyl (C=O) groups excluding carboxylic acids is 1. The molecular weight excluding hydrogens is 338 g/mol. The maximum Gasteiger partial charge on any atom is 0.309 e. The van der Waals surface area contributed by atoms with Crippen molar-refractivity contribution in [2.24, 2.45) is 7.05 Å². The summed E-state index contributed by atoms with van der Waals surface area (Å²) >= 11 is 3.30. The van der Waals surface area contributed by atoms with Crippen LogP contribution in [0.1, 0.15) is 21.7 Å². The van der Waals surface area contributed by atoms with E-state index >= 15 is 0 Å². The van der Waals surface area contributed by atoms with Gasteiger partial charge in [0.1, 0.15) is 5.75 Å². The second-order valence-corrected chi connectivity index (χ2v) is 5.37. The van der Waals surface area contributed by atoms with Crippen LogP contribution < -0.4 is 4.74 Å². The van der Waals surface area contributed by atoms with E-state index in [1.807, 2.05) is 0 Å². The standard InChI is InChI=1S/C15H14BrNO4/c1-17-12(8-14(18)19)11(16)7-13(17)15(20)9-3-5-10(21-2)6-4-9/h3-7H,8H2,1-2H3,(H,18,19). The van der Waals surface area contributed by atoms with E-state index in [4.69, 9.17) is 9.84 Å². The van der Waals surface area contributed by atoms with Crippen LogP contribution >= 0.6 is 15.9 Å². The van der Waals surface area contributed by atoms with Crippen molar-refractivity contribution in [3.63, 3.8) is 0 Å². The zero-order valence-corrected chi connectivity index (χ0v) is 13.2. The summed E-state index contributed by atoms with van der Waals surface area (Å²) in [5.41, 5.74) is 1.51. The van der Waals surface area contributed by atoms with Crippen LogP contribution in [0.2, 0.25) is 0 Å². The van der Waals surface area contributed by atoms with Gasteiger partial charge in [0.05, 0.1) is 19.2 Å².